The second kappa shape index (κ2) is 3.11. The quantitative estimate of drug-likeness (QED) is 0.529. The molecule has 0 aliphatic heterocycles. The minimum Gasteiger partial charge on any atom is -0.467 e. The summed E-state index contributed by atoms with van der Waals surface area (Å²) in [6.45, 7) is 0. The summed E-state index contributed by atoms with van der Waals surface area (Å²) in [4.78, 5) is 10.9. The lowest BCUT2D eigenvalue weighted by Gasteiger charge is -2.22. The van der Waals surface area contributed by atoms with Crippen LogP contribution in [0.25, 0.3) is 0 Å². The van der Waals surface area contributed by atoms with Crippen molar-refractivity contribution in [1.82, 2.24) is 0 Å². The smallest absolute Gasteiger partial charge is 0.339 e. The summed E-state index contributed by atoms with van der Waals surface area (Å²) in [6.07, 6.45) is 2.18. The minimum absolute atomic E-state index is 0.151. The van der Waals surface area contributed by atoms with Crippen molar-refractivity contribution in [3.05, 3.63) is 0 Å². The lowest BCUT2D eigenvalue weighted by atomic mass is 10.0. The maximum Gasteiger partial charge on any atom is 0.339 e. The first-order chi connectivity index (χ1) is 5.11. The van der Waals surface area contributed by atoms with Crippen LogP contribution < -0.4 is 0 Å². The third-order valence-corrected chi connectivity index (χ3v) is 3.29. The number of ether oxygens (including phenoxy) is 1. The van der Waals surface area contributed by atoms with Crippen LogP contribution >= 0.6 is 15.9 Å². The zero-order valence-electron chi connectivity index (χ0n) is 6.34. The number of aliphatic hydroxyl groups is 1. The van der Waals surface area contributed by atoms with Crippen molar-refractivity contribution in [3.8, 4) is 0 Å². The monoisotopic (exact) mass is 222 g/mol. The largest absolute Gasteiger partial charge is 0.467 e. The van der Waals surface area contributed by atoms with E-state index in [1.807, 2.05) is 0 Å². The average Bonchev–Trinajstić information content (AvgIpc) is 2.32. The fraction of sp³-hybridized carbons (Fsp3) is 0.857. The van der Waals surface area contributed by atoms with E-state index >= 15 is 0 Å². The van der Waals surface area contributed by atoms with Crippen molar-refractivity contribution in [1.29, 1.82) is 0 Å². The molecule has 1 saturated carbocycles. The molecule has 0 saturated heterocycles. The average molecular weight is 223 g/mol. The molecular formula is C7H11BrO3. The number of rotatable bonds is 1. The molecule has 0 radical (unpaired) electrons. The minimum atomic E-state index is -1.28. The summed E-state index contributed by atoms with van der Waals surface area (Å²) in [5.74, 6) is -0.531. The summed E-state index contributed by atoms with van der Waals surface area (Å²) in [5, 5.41) is 9.71. The van der Waals surface area contributed by atoms with E-state index in [2.05, 4.69) is 20.7 Å². The molecule has 1 unspecified atom stereocenters. The predicted molar refractivity (Wildman–Crippen MR) is 43.5 cm³/mol. The summed E-state index contributed by atoms with van der Waals surface area (Å²) in [7, 11) is 1.29. The number of hydrogen-bond donors (Lipinski definition) is 1. The van der Waals surface area contributed by atoms with Gasteiger partial charge in [-0.1, -0.05) is 15.9 Å². The van der Waals surface area contributed by atoms with Crippen LogP contribution in [0.3, 0.4) is 0 Å². The molecule has 2 atom stereocenters. The Labute approximate surface area is 73.9 Å². The summed E-state index contributed by atoms with van der Waals surface area (Å²) >= 11 is 3.25. The molecule has 1 aliphatic carbocycles. The molecular weight excluding hydrogens is 212 g/mol. The lowest BCUT2D eigenvalue weighted by molar-refractivity contribution is -0.160. The maximum atomic E-state index is 11.0. The van der Waals surface area contributed by atoms with Gasteiger partial charge in [0.25, 0.3) is 0 Å². The van der Waals surface area contributed by atoms with E-state index in [-0.39, 0.29) is 4.83 Å². The van der Waals surface area contributed by atoms with Gasteiger partial charge >= 0.3 is 5.97 Å². The number of carbonyl (C=O) groups is 1. The van der Waals surface area contributed by atoms with Crippen molar-refractivity contribution >= 4 is 21.9 Å². The van der Waals surface area contributed by atoms with Crippen LogP contribution in [0, 0.1) is 0 Å². The van der Waals surface area contributed by atoms with E-state index in [0.29, 0.717) is 6.42 Å². The van der Waals surface area contributed by atoms with Gasteiger partial charge in [0.1, 0.15) is 0 Å². The zero-order chi connectivity index (χ0) is 8.48. The van der Waals surface area contributed by atoms with Gasteiger partial charge in [0.05, 0.1) is 11.9 Å². The van der Waals surface area contributed by atoms with Crippen LogP contribution in [0.15, 0.2) is 0 Å². The van der Waals surface area contributed by atoms with Gasteiger partial charge in [0, 0.05) is 0 Å². The number of hydrogen-bond acceptors (Lipinski definition) is 3. The Morgan fingerprint density at radius 1 is 1.82 bits per heavy atom. The molecule has 0 aromatic carbocycles. The third kappa shape index (κ3) is 1.42. The molecule has 3 nitrogen and oxygen atoms in total. The number of methoxy groups -OCH3 is 1. The standard InChI is InChI=1S/C7H11BrO3/c1-11-6(9)7(10)4-2-3-5(7)8/h5,10H,2-4H2,1H3/t5-,7?/m0/s1. The van der Waals surface area contributed by atoms with Gasteiger partial charge in [0.15, 0.2) is 5.60 Å². The molecule has 0 aromatic heterocycles. The van der Waals surface area contributed by atoms with Crippen molar-refractivity contribution in [3.63, 3.8) is 0 Å². The molecule has 0 amide bonds. The van der Waals surface area contributed by atoms with Gasteiger partial charge in [-0.2, -0.15) is 0 Å². The summed E-state index contributed by atoms with van der Waals surface area (Å²) < 4.78 is 4.49. The molecule has 0 heterocycles. The fourth-order valence-corrected chi connectivity index (χ4v) is 2.09. The van der Waals surface area contributed by atoms with Gasteiger partial charge in [-0.15, -0.1) is 0 Å². The maximum absolute atomic E-state index is 11.0. The molecule has 11 heavy (non-hydrogen) atoms. The number of carbonyl (C=O) groups excluding carboxylic acids is 1. The van der Waals surface area contributed by atoms with E-state index in [9.17, 15) is 9.90 Å². The molecule has 64 valence electrons. The normalized spacial score (nSPS) is 37.2. The van der Waals surface area contributed by atoms with Gasteiger partial charge < -0.3 is 9.84 Å². The van der Waals surface area contributed by atoms with Crippen molar-refractivity contribution < 1.29 is 14.6 Å². The van der Waals surface area contributed by atoms with E-state index in [0.717, 1.165) is 12.8 Å². The van der Waals surface area contributed by atoms with Crippen molar-refractivity contribution in [2.45, 2.75) is 29.7 Å². The number of esters is 1. The first-order valence-corrected chi connectivity index (χ1v) is 4.47. The zero-order valence-corrected chi connectivity index (χ0v) is 7.93. The number of halogens is 1. The highest BCUT2D eigenvalue weighted by atomic mass is 79.9. The molecule has 1 fully saturated rings. The molecule has 0 spiro atoms. The first kappa shape index (κ1) is 9.00. The van der Waals surface area contributed by atoms with E-state index < -0.39 is 11.6 Å². The fourth-order valence-electron chi connectivity index (χ4n) is 1.35. The first-order valence-electron chi connectivity index (χ1n) is 3.56. The van der Waals surface area contributed by atoms with Gasteiger partial charge in [0.2, 0.25) is 0 Å². The summed E-state index contributed by atoms with van der Waals surface area (Å²) in [5.41, 5.74) is -1.28. The molecule has 0 bridgehead atoms. The van der Waals surface area contributed by atoms with Crippen LogP contribution in [0.4, 0.5) is 0 Å². The van der Waals surface area contributed by atoms with E-state index in [1.54, 1.807) is 0 Å². The molecule has 1 rings (SSSR count). The molecule has 0 aromatic rings. The molecule has 1 N–H and O–H groups in total. The Kier molecular flexibility index (Phi) is 2.54. The Morgan fingerprint density at radius 2 is 2.45 bits per heavy atom. The van der Waals surface area contributed by atoms with Crippen LogP contribution in [-0.2, 0) is 9.53 Å². The highest BCUT2D eigenvalue weighted by Crippen LogP contribution is 2.36. The van der Waals surface area contributed by atoms with Gasteiger partial charge in [-0.25, -0.2) is 4.79 Å². The Balaban J connectivity index is 2.72. The van der Waals surface area contributed by atoms with Crippen molar-refractivity contribution in [2.75, 3.05) is 7.11 Å². The predicted octanol–water partition coefficient (Wildman–Crippen LogP) is 0.838. The SMILES string of the molecule is COC(=O)C1(O)CCC[C@@H]1Br. The van der Waals surface area contributed by atoms with E-state index in [4.69, 9.17) is 0 Å². The topological polar surface area (TPSA) is 46.5 Å². The second-order valence-corrected chi connectivity index (χ2v) is 3.88. The van der Waals surface area contributed by atoms with Crippen LogP contribution in [0.5, 0.6) is 0 Å². The molecule has 1 aliphatic rings. The van der Waals surface area contributed by atoms with Crippen LogP contribution in [-0.4, -0.2) is 28.6 Å². The Bertz CT molecular complexity index is 171. The lowest BCUT2D eigenvalue weighted by Crippen LogP contribution is -2.43. The van der Waals surface area contributed by atoms with Gasteiger partial charge in [-0.3, -0.25) is 0 Å². The van der Waals surface area contributed by atoms with E-state index in [1.165, 1.54) is 7.11 Å². The van der Waals surface area contributed by atoms with Crippen LogP contribution in [0.1, 0.15) is 19.3 Å². The Morgan fingerprint density at radius 3 is 2.82 bits per heavy atom. The highest BCUT2D eigenvalue weighted by molar-refractivity contribution is 9.09. The Hall–Kier alpha value is -0.0900. The number of alkyl halides is 1. The molecule has 4 heteroatoms. The highest BCUT2D eigenvalue weighted by Gasteiger charge is 2.47. The third-order valence-electron chi connectivity index (χ3n) is 2.07. The second-order valence-electron chi connectivity index (χ2n) is 2.78. The van der Waals surface area contributed by atoms with Crippen LogP contribution in [0.2, 0.25) is 0 Å². The van der Waals surface area contributed by atoms with Gasteiger partial charge in [-0.05, 0) is 19.3 Å². The van der Waals surface area contributed by atoms with Crippen molar-refractivity contribution in [2.24, 2.45) is 0 Å². The summed E-state index contributed by atoms with van der Waals surface area (Å²) in [6, 6.07) is 0.